The molecule has 0 aromatic carbocycles. The first-order valence-electron chi connectivity index (χ1n) is 6.37. The van der Waals surface area contributed by atoms with Crippen molar-refractivity contribution in [2.24, 2.45) is 5.92 Å². The second-order valence-electron chi connectivity index (χ2n) is 4.88. The summed E-state index contributed by atoms with van der Waals surface area (Å²) in [5.41, 5.74) is 0.947. The summed E-state index contributed by atoms with van der Waals surface area (Å²) in [4.78, 5) is 10.7. The van der Waals surface area contributed by atoms with E-state index in [4.69, 9.17) is 16.3 Å². The molecule has 1 aliphatic carbocycles. The summed E-state index contributed by atoms with van der Waals surface area (Å²) >= 11 is 6.08. The van der Waals surface area contributed by atoms with E-state index in [2.05, 4.69) is 21.8 Å². The summed E-state index contributed by atoms with van der Waals surface area (Å²) in [6.07, 6.45) is 4.15. The van der Waals surface area contributed by atoms with Crippen molar-refractivity contribution in [3.05, 3.63) is 17.0 Å². The normalized spacial score (nSPS) is 16.7. The van der Waals surface area contributed by atoms with Crippen molar-refractivity contribution in [2.45, 2.75) is 32.7 Å². The third-order valence-corrected chi connectivity index (χ3v) is 3.98. The summed E-state index contributed by atoms with van der Waals surface area (Å²) in [5.74, 6) is 1.71. The molecule has 0 aliphatic heterocycles. The molecule has 0 bridgehead atoms. The lowest BCUT2D eigenvalue weighted by Gasteiger charge is -2.31. The Labute approximate surface area is 113 Å². The first-order chi connectivity index (χ1) is 8.65. The van der Waals surface area contributed by atoms with E-state index in [0.717, 1.165) is 23.8 Å². The number of hydrogen-bond donors (Lipinski definition) is 0. The van der Waals surface area contributed by atoms with Gasteiger partial charge < -0.3 is 9.64 Å². The van der Waals surface area contributed by atoms with Gasteiger partial charge in [-0.25, -0.2) is 9.97 Å². The lowest BCUT2D eigenvalue weighted by Crippen LogP contribution is -2.38. The summed E-state index contributed by atoms with van der Waals surface area (Å²) in [7, 11) is 1.72. The summed E-state index contributed by atoms with van der Waals surface area (Å²) in [6, 6.07) is 0.477. The van der Waals surface area contributed by atoms with Gasteiger partial charge in [0.1, 0.15) is 17.3 Å². The third-order valence-electron chi connectivity index (χ3n) is 3.60. The maximum absolute atomic E-state index is 6.08. The molecule has 5 heteroatoms. The number of rotatable bonds is 6. The summed E-state index contributed by atoms with van der Waals surface area (Å²) in [6.45, 7) is 5.75. The van der Waals surface area contributed by atoms with Gasteiger partial charge in [0.2, 0.25) is 0 Å². The number of hydrogen-bond acceptors (Lipinski definition) is 4. The van der Waals surface area contributed by atoms with Gasteiger partial charge >= 0.3 is 0 Å². The Morgan fingerprint density at radius 3 is 2.83 bits per heavy atom. The highest BCUT2D eigenvalue weighted by Crippen LogP contribution is 2.37. The van der Waals surface area contributed by atoms with Crippen LogP contribution in [0.25, 0.3) is 0 Å². The van der Waals surface area contributed by atoms with E-state index in [9.17, 15) is 0 Å². The molecule has 0 spiro atoms. The Morgan fingerprint density at radius 1 is 1.50 bits per heavy atom. The van der Waals surface area contributed by atoms with E-state index in [1.54, 1.807) is 7.11 Å². The number of aromatic nitrogens is 2. The fraction of sp³-hybridized carbons (Fsp3) is 0.692. The molecule has 4 nitrogen and oxygen atoms in total. The second-order valence-corrected chi connectivity index (χ2v) is 5.24. The Morgan fingerprint density at radius 2 is 2.22 bits per heavy atom. The van der Waals surface area contributed by atoms with Crippen LogP contribution in [0, 0.1) is 12.8 Å². The lowest BCUT2D eigenvalue weighted by molar-refractivity contribution is 0.202. The minimum atomic E-state index is 0.477. The Kier molecular flexibility index (Phi) is 4.40. The molecule has 1 aromatic rings. The highest BCUT2D eigenvalue weighted by molar-refractivity contribution is 6.30. The average molecular weight is 270 g/mol. The monoisotopic (exact) mass is 269 g/mol. The van der Waals surface area contributed by atoms with Crippen molar-refractivity contribution < 1.29 is 4.74 Å². The summed E-state index contributed by atoms with van der Waals surface area (Å²) in [5, 5.41) is 0.533. The predicted octanol–water partition coefficient (Wildman–Crippen LogP) is 2.69. The highest BCUT2D eigenvalue weighted by atomic mass is 35.5. The van der Waals surface area contributed by atoms with Gasteiger partial charge in [0.25, 0.3) is 0 Å². The van der Waals surface area contributed by atoms with Crippen LogP contribution in [0.5, 0.6) is 0 Å². The van der Waals surface area contributed by atoms with Crippen LogP contribution < -0.4 is 4.90 Å². The zero-order valence-electron chi connectivity index (χ0n) is 11.2. The first kappa shape index (κ1) is 13.6. The van der Waals surface area contributed by atoms with Crippen molar-refractivity contribution in [1.29, 1.82) is 0 Å². The van der Waals surface area contributed by atoms with Crippen molar-refractivity contribution in [1.82, 2.24) is 9.97 Å². The van der Waals surface area contributed by atoms with Gasteiger partial charge in [-0.15, -0.1) is 0 Å². The van der Waals surface area contributed by atoms with Crippen LogP contribution in [0.2, 0.25) is 5.15 Å². The second kappa shape index (κ2) is 5.85. The minimum absolute atomic E-state index is 0.477. The quantitative estimate of drug-likeness (QED) is 0.745. The maximum atomic E-state index is 6.08. The molecule has 1 aromatic heterocycles. The van der Waals surface area contributed by atoms with Crippen LogP contribution in [-0.2, 0) is 4.74 Å². The van der Waals surface area contributed by atoms with E-state index in [1.807, 2.05) is 6.92 Å². The van der Waals surface area contributed by atoms with E-state index < -0.39 is 0 Å². The zero-order chi connectivity index (χ0) is 13.1. The number of ether oxygens (including phenoxy) is 1. The molecule has 0 radical (unpaired) electrons. The van der Waals surface area contributed by atoms with Crippen LogP contribution in [0.4, 0.5) is 5.82 Å². The van der Waals surface area contributed by atoms with Gasteiger partial charge in [-0.05, 0) is 32.6 Å². The predicted molar refractivity (Wildman–Crippen MR) is 73.2 cm³/mol. The molecule has 1 aliphatic rings. The average Bonchev–Trinajstić information content (AvgIpc) is 3.18. The van der Waals surface area contributed by atoms with Crippen LogP contribution >= 0.6 is 11.6 Å². The highest BCUT2D eigenvalue weighted by Gasteiger charge is 2.33. The lowest BCUT2D eigenvalue weighted by atomic mass is 10.1. The molecule has 1 heterocycles. The topological polar surface area (TPSA) is 38.2 Å². The SMILES string of the molecule is COCCN(c1ncnc(Cl)c1C)C(C)C1CC1. The van der Waals surface area contributed by atoms with E-state index >= 15 is 0 Å². The molecule has 1 saturated carbocycles. The molecule has 2 rings (SSSR count). The van der Waals surface area contributed by atoms with Gasteiger partial charge in [-0.2, -0.15) is 0 Å². The molecule has 100 valence electrons. The van der Waals surface area contributed by atoms with Gasteiger partial charge in [0.15, 0.2) is 0 Å². The van der Waals surface area contributed by atoms with E-state index in [-0.39, 0.29) is 0 Å². The minimum Gasteiger partial charge on any atom is -0.383 e. The molecular formula is C13H20ClN3O. The zero-order valence-corrected chi connectivity index (χ0v) is 11.9. The first-order valence-corrected chi connectivity index (χ1v) is 6.75. The number of anilines is 1. The fourth-order valence-electron chi connectivity index (χ4n) is 2.23. The molecule has 18 heavy (non-hydrogen) atoms. The molecule has 0 saturated heterocycles. The van der Waals surface area contributed by atoms with Gasteiger partial charge in [0.05, 0.1) is 6.61 Å². The molecule has 1 fully saturated rings. The maximum Gasteiger partial charge on any atom is 0.137 e. The Hall–Kier alpha value is -0.870. The van der Waals surface area contributed by atoms with Crippen molar-refractivity contribution in [3.63, 3.8) is 0 Å². The van der Waals surface area contributed by atoms with Crippen molar-refractivity contribution >= 4 is 17.4 Å². The van der Waals surface area contributed by atoms with E-state index in [0.29, 0.717) is 17.8 Å². The Balaban J connectivity index is 2.23. The molecule has 0 N–H and O–H groups in total. The fourth-order valence-corrected chi connectivity index (χ4v) is 2.36. The van der Waals surface area contributed by atoms with Crippen LogP contribution in [-0.4, -0.2) is 36.3 Å². The van der Waals surface area contributed by atoms with Gasteiger partial charge in [-0.1, -0.05) is 11.6 Å². The number of nitrogens with zero attached hydrogens (tertiary/aromatic N) is 3. The van der Waals surface area contributed by atoms with Crippen molar-refractivity contribution in [2.75, 3.05) is 25.2 Å². The molecule has 0 amide bonds. The Bertz CT molecular complexity index is 409. The van der Waals surface area contributed by atoms with Gasteiger partial charge in [-0.3, -0.25) is 0 Å². The third kappa shape index (κ3) is 2.93. The van der Waals surface area contributed by atoms with Crippen LogP contribution in [0.1, 0.15) is 25.3 Å². The standard InChI is InChI=1S/C13H20ClN3O/c1-9-12(14)15-8-16-13(9)17(6-7-18-3)10(2)11-4-5-11/h8,10-11H,4-7H2,1-3H3. The van der Waals surface area contributed by atoms with Crippen LogP contribution in [0.3, 0.4) is 0 Å². The summed E-state index contributed by atoms with van der Waals surface area (Å²) < 4.78 is 5.20. The van der Waals surface area contributed by atoms with Crippen molar-refractivity contribution in [3.8, 4) is 0 Å². The molecule has 1 atom stereocenters. The van der Waals surface area contributed by atoms with Gasteiger partial charge in [0, 0.05) is 25.3 Å². The molecule has 1 unspecified atom stereocenters. The smallest absolute Gasteiger partial charge is 0.137 e. The number of methoxy groups -OCH3 is 1. The van der Waals surface area contributed by atoms with E-state index in [1.165, 1.54) is 19.2 Å². The molecular weight excluding hydrogens is 250 g/mol. The number of halogens is 1. The van der Waals surface area contributed by atoms with Crippen LogP contribution in [0.15, 0.2) is 6.33 Å². The largest absolute Gasteiger partial charge is 0.383 e.